The first-order chi connectivity index (χ1) is 11.0. The molecule has 1 saturated carbocycles. The van der Waals surface area contributed by atoms with Gasteiger partial charge < -0.3 is 16.0 Å². The maximum Gasteiger partial charge on any atom is 0.191 e. The van der Waals surface area contributed by atoms with Crippen LogP contribution < -0.4 is 16.0 Å². The first kappa shape index (κ1) is 21.2. The smallest absolute Gasteiger partial charge is 0.191 e. The van der Waals surface area contributed by atoms with Crippen molar-refractivity contribution >= 4 is 29.9 Å². The summed E-state index contributed by atoms with van der Waals surface area (Å²) in [6, 6.07) is 11.4. The van der Waals surface area contributed by atoms with E-state index >= 15 is 0 Å². The number of halogens is 1. The van der Waals surface area contributed by atoms with Crippen molar-refractivity contribution < 1.29 is 0 Å². The van der Waals surface area contributed by atoms with E-state index in [9.17, 15) is 0 Å². The van der Waals surface area contributed by atoms with Gasteiger partial charge in [0.15, 0.2) is 5.96 Å². The molecule has 0 bridgehead atoms. The lowest BCUT2D eigenvalue weighted by atomic mass is 9.94. The first-order valence-corrected chi connectivity index (χ1v) is 8.84. The molecule has 1 aromatic carbocycles. The Morgan fingerprint density at radius 2 is 1.75 bits per heavy atom. The fourth-order valence-corrected chi connectivity index (χ4v) is 3.43. The van der Waals surface area contributed by atoms with Crippen molar-refractivity contribution in [1.29, 1.82) is 0 Å². The van der Waals surface area contributed by atoms with Crippen molar-refractivity contribution in [3.05, 3.63) is 35.9 Å². The summed E-state index contributed by atoms with van der Waals surface area (Å²) in [5, 5.41) is 10.8. The van der Waals surface area contributed by atoms with Gasteiger partial charge in [-0.05, 0) is 39.2 Å². The summed E-state index contributed by atoms with van der Waals surface area (Å²) >= 11 is 0. The minimum Gasteiger partial charge on any atom is -0.355 e. The summed E-state index contributed by atoms with van der Waals surface area (Å²) in [4.78, 5) is 4.32. The standard InChI is InChI=1S/C19H32N4.HI/c1-15(2)22-18(20-4)21-14-19(12-8-9-13-19)23-16(3)17-10-6-5-7-11-17;/h5-7,10-11,15-16,23H,8-9,12-14H2,1-4H3,(H2,20,21,22);1H. The van der Waals surface area contributed by atoms with Crippen molar-refractivity contribution in [3.63, 3.8) is 0 Å². The Morgan fingerprint density at radius 3 is 2.29 bits per heavy atom. The fraction of sp³-hybridized carbons (Fsp3) is 0.632. The van der Waals surface area contributed by atoms with Gasteiger partial charge in [-0.25, -0.2) is 0 Å². The third-order valence-corrected chi connectivity index (χ3v) is 4.63. The van der Waals surface area contributed by atoms with E-state index in [1.807, 2.05) is 7.05 Å². The zero-order valence-corrected chi connectivity index (χ0v) is 17.8. The Kier molecular flexibility index (Phi) is 9.05. The molecule has 0 saturated heterocycles. The van der Waals surface area contributed by atoms with E-state index in [0.717, 1.165) is 12.5 Å². The van der Waals surface area contributed by atoms with Crippen LogP contribution in [-0.2, 0) is 0 Å². The topological polar surface area (TPSA) is 48.5 Å². The highest BCUT2D eigenvalue weighted by molar-refractivity contribution is 14.0. The van der Waals surface area contributed by atoms with Crippen LogP contribution in [-0.4, -0.2) is 31.1 Å². The van der Waals surface area contributed by atoms with E-state index in [4.69, 9.17) is 0 Å². The lowest BCUT2D eigenvalue weighted by Crippen LogP contribution is -2.54. The van der Waals surface area contributed by atoms with Crippen molar-refractivity contribution in [2.75, 3.05) is 13.6 Å². The number of nitrogens with zero attached hydrogens (tertiary/aromatic N) is 1. The lowest BCUT2D eigenvalue weighted by Gasteiger charge is -2.35. The van der Waals surface area contributed by atoms with Gasteiger partial charge in [-0.2, -0.15) is 0 Å². The molecule has 0 radical (unpaired) electrons. The third kappa shape index (κ3) is 6.24. The first-order valence-electron chi connectivity index (χ1n) is 8.84. The second kappa shape index (κ2) is 10.2. The number of hydrogen-bond donors (Lipinski definition) is 3. The molecule has 1 fully saturated rings. The van der Waals surface area contributed by atoms with E-state index in [2.05, 4.69) is 72.0 Å². The van der Waals surface area contributed by atoms with Crippen LogP contribution in [0.1, 0.15) is 58.1 Å². The Hall–Kier alpha value is -0.820. The van der Waals surface area contributed by atoms with Gasteiger partial charge in [0.05, 0.1) is 0 Å². The molecule has 0 heterocycles. The normalized spacial score (nSPS) is 18.1. The van der Waals surface area contributed by atoms with Gasteiger partial charge >= 0.3 is 0 Å². The van der Waals surface area contributed by atoms with Crippen molar-refractivity contribution in [2.45, 2.75) is 64.1 Å². The van der Waals surface area contributed by atoms with E-state index in [1.54, 1.807) is 0 Å². The summed E-state index contributed by atoms with van der Waals surface area (Å²) in [5.41, 5.74) is 1.51. The second-order valence-electron chi connectivity index (χ2n) is 6.99. The van der Waals surface area contributed by atoms with Crippen LogP contribution in [0, 0.1) is 0 Å². The molecule has 1 atom stereocenters. The molecular weight excluding hydrogens is 411 g/mol. The summed E-state index contributed by atoms with van der Waals surface area (Å²) in [6.07, 6.45) is 5.03. The molecule has 136 valence electrons. The second-order valence-corrected chi connectivity index (χ2v) is 6.99. The average Bonchev–Trinajstić information content (AvgIpc) is 3.00. The quantitative estimate of drug-likeness (QED) is 0.355. The lowest BCUT2D eigenvalue weighted by molar-refractivity contribution is 0.297. The number of guanidine groups is 1. The maximum atomic E-state index is 4.32. The van der Waals surface area contributed by atoms with Gasteiger partial charge in [0.25, 0.3) is 0 Å². The van der Waals surface area contributed by atoms with Crippen molar-refractivity contribution in [3.8, 4) is 0 Å². The Morgan fingerprint density at radius 1 is 1.12 bits per heavy atom. The van der Waals surface area contributed by atoms with Crippen LogP contribution in [0.2, 0.25) is 0 Å². The van der Waals surface area contributed by atoms with Gasteiger partial charge in [0.1, 0.15) is 0 Å². The molecular formula is C19H33IN4. The van der Waals surface area contributed by atoms with E-state index in [1.165, 1.54) is 31.2 Å². The molecule has 4 nitrogen and oxygen atoms in total. The number of nitrogens with one attached hydrogen (secondary N) is 3. The van der Waals surface area contributed by atoms with E-state index < -0.39 is 0 Å². The largest absolute Gasteiger partial charge is 0.355 e. The molecule has 0 aliphatic heterocycles. The summed E-state index contributed by atoms with van der Waals surface area (Å²) in [5.74, 6) is 0.889. The van der Waals surface area contributed by atoms with Crippen LogP contribution in [0.5, 0.6) is 0 Å². The van der Waals surface area contributed by atoms with E-state index in [-0.39, 0.29) is 29.5 Å². The summed E-state index contributed by atoms with van der Waals surface area (Å²) in [6.45, 7) is 7.44. The Balaban J connectivity index is 0.00000288. The molecule has 1 aliphatic carbocycles. The average molecular weight is 444 g/mol. The zero-order chi connectivity index (χ0) is 16.7. The highest BCUT2D eigenvalue weighted by Crippen LogP contribution is 2.31. The fourth-order valence-electron chi connectivity index (χ4n) is 3.43. The number of benzene rings is 1. The number of aliphatic imine (C=N–C) groups is 1. The van der Waals surface area contributed by atoms with Gasteiger partial charge in [-0.15, -0.1) is 24.0 Å². The molecule has 1 aromatic rings. The predicted molar refractivity (Wildman–Crippen MR) is 114 cm³/mol. The van der Waals surface area contributed by atoms with Gasteiger partial charge in [-0.3, -0.25) is 4.99 Å². The Labute approximate surface area is 164 Å². The minimum atomic E-state index is 0. The van der Waals surface area contributed by atoms with Crippen molar-refractivity contribution in [2.24, 2.45) is 4.99 Å². The molecule has 0 amide bonds. The third-order valence-electron chi connectivity index (χ3n) is 4.63. The Bertz CT molecular complexity index is 495. The number of hydrogen-bond acceptors (Lipinski definition) is 2. The minimum absolute atomic E-state index is 0. The zero-order valence-electron chi connectivity index (χ0n) is 15.4. The molecule has 0 aromatic heterocycles. The molecule has 5 heteroatoms. The summed E-state index contributed by atoms with van der Waals surface area (Å²) < 4.78 is 0. The van der Waals surface area contributed by atoms with Crippen LogP contribution >= 0.6 is 24.0 Å². The monoisotopic (exact) mass is 444 g/mol. The highest BCUT2D eigenvalue weighted by atomic mass is 127. The number of rotatable bonds is 6. The van der Waals surface area contributed by atoms with Gasteiger partial charge in [-0.1, -0.05) is 43.2 Å². The summed E-state index contributed by atoms with van der Waals surface area (Å²) in [7, 11) is 1.83. The van der Waals surface area contributed by atoms with Crippen LogP contribution in [0.4, 0.5) is 0 Å². The molecule has 24 heavy (non-hydrogen) atoms. The van der Waals surface area contributed by atoms with Crippen LogP contribution in [0.15, 0.2) is 35.3 Å². The molecule has 0 spiro atoms. The highest BCUT2D eigenvalue weighted by Gasteiger charge is 2.35. The van der Waals surface area contributed by atoms with Gasteiger partial charge in [0, 0.05) is 31.2 Å². The van der Waals surface area contributed by atoms with Crippen LogP contribution in [0.25, 0.3) is 0 Å². The molecule has 3 N–H and O–H groups in total. The van der Waals surface area contributed by atoms with Crippen molar-refractivity contribution in [1.82, 2.24) is 16.0 Å². The van der Waals surface area contributed by atoms with Gasteiger partial charge in [0.2, 0.25) is 0 Å². The SMILES string of the molecule is CN=C(NCC1(NC(C)c2ccccc2)CCCC1)NC(C)C.I. The molecule has 1 unspecified atom stereocenters. The van der Waals surface area contributed by atoms with E-state index in [0.29, 0.717) is 12.1 Å². The predicted octanol–water partition coefficient (Wildman–Crippen LogP) is 3.84. The van der Waals surface area contributed by atoms with Crippen LogP contribution in [0.3, 0.4) is 0 Å². The molecule has 2 rings (SSSR count). The maximum absolute atomic E-state index is 4.32. The molecule has 1 aliphatic rings.